The highest BCUT2D eigenvalue weighted by Crippen LogP contribution is 2.32. The van der Waals surface area contributed by atoms with Gasteiger partial charge in [0.15, 0.2) is 11.2 Å². The van der Waals surface area contributed by atoms with E-state index in [9.17, 15) is 14.3 Å². The van der Waals surface area contributed by atoms with Crippen molar-refractivity contribution in [3.63, 3.8) is 0 Å². The molecule has 0 aliphatic carbocycles. The third kappa shape index (κ3) is 3.08. The minimum absolute atomic E-state index is 0.0764. The Balaban J connectivity index is 1.56. The van der Waals surface area contributed by atoms with Crippen LogP contribution < -0.4 is 5.76 Å². The van der Waals surface area contributed by atoms with Gasteiger partial charge in [0.1, 0.15) is 5.82 Å². The number of hydrogen-bond acceptors (Lipinski definition) is 5. The first kappa shape index (κ1) is 16.0. The molecule has 0 radical (unpaired) electrons. The molecule has 6 nitrogen and oxygen atoms in total. The summed E-state index contributed by atoms with van der Waals surface area (Å²) < 4.78 is 20.2. The third-order valence-corrected chi connectivity index (χ3v) is 4.65. The largest absolute Gasteiger partial charge is 0.421 e. The average molecular weight is 343 g/mol. The van der Waals surface area contributed by atoms with Crippen LogP contribution in [0.25, 0.3) is 11.2 Å². The van der Waals surface area contributed by atoms with Crippen LogP contribution in [0.2, 0.25) is 0 Å². The van der Waals surface area contributed by atoms with E-state index < -0.39 is 11.9 Å². The molecule has 2 aromatic heterocycles. The van der Waals surface area contributed by atoms with Crippen molar-refractivity contribution in [2.75, 3.05) is 13.1 Å². The Labute approximate surface area is 143 Å². The molecule has 1 fully saturated rings. The number of benzene rings is 1. The van der Waals surface area contributed by atoms with Gasteiger partial charge < -0.3 is 9.52 Å². The predicted octanol–water partition coefficient (Wildman–Crippen LogP) is 1.94. The van der Waals surface area contributed by atoms with Gasteiger partial charge in [-0.1, -0.05) is 12.1 Å². The maximum Gasteiger partial charge on any atom is 0.421 e. The molecule has 3 heterocycles. The zero-order chi connectivity index (χ0) is 17.4. The molecule has 1 saturated heterocycles. The van der Waals surface area contributed by atoms with E-state index in [4.69, 9.17) is 4.42 Å². The monoisotopic (exact) mass is 343 g/mol. The normalized spacial score (nSPS) is 21.2. The zero-order valence-electron chi connectivity index (χ0n) is 13.5. The van der Waals surface area contributed by atoms with Crippen molar-refractivity contribution in [1.82, 2.24) is 14.5 Å². The number of fused-ring (bicyclic) bond motifs is 1. The molecule has 0 spiro atoms. The minimum Gasteiger partial charge on any atom is -0.406 e. The summed E-state index contributed by atoms with van der Waals surface area (Å²) in [4.78, 5) is 18.3. The number of pyridine rings is 1. The Morgan fingerprint density at radius 2 is 2.16 bits per heavy atom. The fraction of sp³-hybridized carbons (Fsp3) is 0.333. The third-order valence-electron chi connectivity index (χ3n) is 4.65. The topological polar surface area (TPSA) is 71.5 Å². The van der Waals surface area contributed by atoms with Crippen LogP contribution in [0.15, 0.2) is 51.8 Å². The van der Waals surface area contributed by atoms with Crippen molar-refractivity contribution in [3.05, 3.63) is 64.5 Å². The Morgan fingerprint density at radius 1 is 1.28 bits per heavy atom. The number of halogens is 1. The van der Waals surface area contributed by atoms with Crippen LogP contribution in [-0.4, -0.2) is 38.8 Å². The predicted molar refractivity (Wildman–Crippen MR) is 89.6 cm³/mol. The molecule has 0 bridgehead atoms. The zero-order valence-corrected chi connectivity index (χ0v) is 13.5. The van der Waals surface area contributed by atoms with Crippen molar-refractivity contribution in [1.29, 1.82) is 0 Å². The van der Waals surface area contributed by atoms with Gasteiger partial charge in [-0.3, -0.25) is 9.47 Å². The summed E-state index contributed by atoms with van der Waals surface area (Å²) in [7, 11) is 0. The van der Waals surface area contributed by atoms with Gasteiger partial charge >= 0.3 is 5.76 Å². The lowest BCUT2D eigenvalue weighted by Gasteiger charge is -2.24. The lowest BCUT2D eigenvalue weighted by Crippen LogP contribution is -2.30. The quantitative estimate of drug-likeness (QED) is 0.784. The Hall–Kier alpha value is -2.51. The smallest absolute Gasteiger partial charge is 0.406 e. The van der Waals surface area contributed by atoms with E-state index in [1.807, 2.05) is 6.07 Å². The number of aliphatic hydroxyl groups is 1. The van der Waals surface area contributed by atoms with Crippen LogP contribution in [0.1, 0.15) is 18.0 Å². The van der Waals surface area contributed by atoms with Crippen LogP contribution in [0.3, 0.4) is 0 Å². The molecule has 130 valence electrons. The van der Waals surface area contributed by atoms with Crippen LogP contribution in [0.5, 0.6) is 0 Å². The number of nitrogens with zero attached hydrogens (tertiary/aromatic N) is 3. The number of oxazole rings is 1. The molecule has 2 atom stereocenters. The summed E-state index contributed by atoms with van der Waals surface area (Å²) in [6.45, 7) is 1.41. The Kier molecular flexibility index (Phi) is 4.10. The lowest BCUT2D eigenvalue weighted by atomic mass is 10.0. The molecule has 1 N–H and O–H groups in total. The summed E-state index contributed by atoms with van der Waals surface area (Å²) in [6, 6.07) is 9.78. The number of rotatable bonds is 4. The molecule has 1 aromatic carbocycles. The Bertz CT molecular complexity index is 952. The van der Waals surface area contributed by atoms with Gasteiger partial charge in [0.25, 0.3) is 0 Å². The summed E-state index contributed by atoms with van der Waals surface area (Å²) >= 11 is 0. The van der Waals surface area contributed by atoms with Gasteiger partial charge in [-0.15, -0.1) is 0 Å². The maximum atomic E-state index is 13.5. The number of aliphatic hydroxyl groups excluding tert-OH is 1. The van der Waals surface area contributed by atoms with Gasteiger partial charge in [0.2, 0.25) is 0 Å². The molecule has 25 heavy (non-hydrogen) atoms. The van der Waals surface area contributed by atoms with E-state index in [0.29, 0.717) is 37.3 Å². The molecule has 7 heteroatoms. The lowest BCUT2D eigenvalue weighted by molar-refractivity contribution is 0.173. The highest BCUT2D eigenvalue weighted by Gasteiger charge is 2.32. The summed E-state index contributed by atoms with van der Waals surface area (Å²) in [5.41, 5.74) is 1.80. The van der Waals surface area contributed by atoms with E-state index in [1.165, 1.54) is 16.7 Å². The number of likely N-dealkylation sites (tertiary alicyclic amines) is 1. The van der Waals surface area contributed by atoms with E-state index in [1.54, 1.807) is 24.4 Å². The molecule has 0 unspecified atom stereocenters. The van der Waals surface area contributed by atoms with Gasteiger partial charge in [-0.25, -0.2) is 14.2 Å². The summed E-state index contributed by atoms with van der Waals surface area (Å²) in [5.74, 6) is -0.740. The summed E-state index contributed by atoms with van der Waals surface area (Å²) in [5, 5.41) is 10.0. The van der Waals surface area contributed by atoms with Crippen LogP contribution in [-0.2, 0) is 6.54 Å². The molecular formula is C18H18FN3O3. The standard InChI is InChI=1S/C18H18FN3O3/c19-13-4-1-3-12(9-13)15-10-14(23)11-21(15)7-8-22-17-16(25-18(22)24)5-2-6-20-17/h1-6,9,14-15,23H,7-8,10-11H2/t14-,15+/m0/s1. The van der Waals surface area contributed by atoms with Crippen molar-refractivity contribution >= 4 is 11.2 Å². The molecule has 0 amide bonds. The van der Waals surface area contributed by atoms with E-state index in [-0.39, 0.29) is 11.9 Å². The molecule has 1 aliphatic rings. The molecule has 3 aromatic rings. The second-order valence-corrected chi connectivity index (χ2v) is 6.30. The SMILES string of the molecule is O=c1oc2cccnc2n1CCN1C[C@@H](O)C[C@@H]1c1cccc(F)c1. The maximum absolute atomic E-state index is 13.5. The van der Waals surface area contributed by atoms with Gasteiger partial charge in [-0.2, -0.15) is 0 Å². The average Bonchev–Trinajstić information content (AvgIpc) is 3.12. The van der Waals surface area contributed by atoms with Crippen LogP contribution >= 0.6 is 0 Å². The van der Waals surface area contributed by atoms with Crippen molar-refractivity contribution < 1.29 is 13.9 Å². The van der Waals surface area contributed by atoms with Gasteiger partial charge in [0, 0.05) is 31.9 Å². The van der Waals surface area contributed by atoms with Crippen molar-refractivity contribution in [3.8, 4) is 0 Å². The summed E-state index contributed by atoms with van der Waals surface area (Å²) in [6.07, 6.45) is 1.69. The van der Waals surface area contributed by atoms with Crippen molar-refractivity contribution in [2.24, 2.45) is 0 Å². The highest BCUT2D eigenvalue weighted by molar-refractivity contribution is 5.67. The van der Waals surface area contributed by atoms with Crippen LogP contribution in [0.4, 0.5) is 4.39 Å². The molecule has 0 saturated carbocycles. The van der Waals surface area contributed by atoms with Gasteiger partial charge in [-0.05, 0) is 36.2 Å². The van der Waals surface area contributed by atoms with Crippen molar-refractivity contribution in [2.45, 2.75) is 25.1 Å². The Morgan fingerprint density at radius 3 is 3.00 bits per heavy atom. The first-order chi connectivity index (χ1) is 12.1. The second kappa shape index (κ2) is 6.42. The molecule has 4 rings (SSSR count). The fourth-order valence-corrected chi connectivity index (χ4v) is 3.51. The second-order valence-electron chi connectivity index (χ2n) is 6.30. The number of hydrogen-bond donors (Lipinski definition) is 1. The highest BCUT2D eigenvalue weighted by atomic mass is 19.1. The van der Waals surface area contributed by atoms with Gasteiger partial charge in [0.05, 0.1) is 6.10 Å². The molecular weight excluding hydrogens is 325 g/mol. The molecule has 1 aliphatic heterocycles. The fourth-order valence-electron chi connectivity index (χ4n) is 3.51. The number of aromatic nitrogens is 2. The van der Waals surface area contributed by atoms with Crippen LogP contribution in [0, 0.1) is 5.82 Å². The first-order valence-electron chi connectivity index (χ1n) is 8.24. The van der Waals surface area contributed by atoms with E-state index >= 15 is 0 Å². The first-order valence-corrected chi connectivity index (χ1v) is 8.24. The van der Waals surface area contributed by atoms with E-state index in [2.05, 4.69) is 9.88 Å². The van der Waals surface area contributed by atoms with E-state index in [0.717, 1.165) is 5.56 Å². The number of β-amino-alcohol motifs (C(OH)–C–C–N with tert-alkyl or cyclic N) is 1. The minimum atomic E-state index is -0.468.